The highest BCUT2D eigenvalue weighted by Gasteiger charge is 2.36. The highest BCUT2D eigenvalue weighted by molar-refractivity contribution is 5.75. The first-order valence-electron chi connectivity index (χ1n) is 3.71. The van der Waals surface area contributed by atoms with Crippen molar-refractivity contribution in [1.82, 2.24) is 5.43 Å². The number of amides is 2. The molecule has 0 aromatic carbocycles. The molecule has 0 radical (unpaired) electrons. The largest absolute Gasteiger partial charge is 0.387 e. The van der Waals surface area contributed by atoms with E-state index in [2.05, 4.69) is 5.10 Å². The zero-order chi connectivity index (χ0) is 10.7. The SMILES string of the molecule is CC(C)(O)C(C)(O)/C=N/NC(N)=O. The molecule has 0 aromatic heterocycles. The van der Waals surface area contributed by atoms with Crippen molar-refractivity contribution >= 4 is 12.2 Å². The highest BCUT2D eigenvalue weighted by atomic mass is 16.4. The van der Waals surface area contributed by atoms with Gasteiger partial charge in [-0.15, -0.1) is 0 Å². The van der Waals surface area contributed by atoms with Crippen LogP contribution in [0.2, 0.25) is 0 Å². The summed E-state index contributed by atoms with van der Waals surface area (Å²) in [6.45, 7) is 4.20. The molecule has 0 saturated heterocycles. The summed E-state index contributed by atoms with van der Waals surface area (Å²) < 4.78 is 0. The first kappa shape index (κ1) is 11.9. The lowest BCUT2D eigenvalue weighted by Gasteiger charge is -2.31. The molecule has 0 spiro atoms. The van der Waals surface area contributed by atoms with Crippen LogP contribution in [0.3, 0.4) is 0 Å². The first-order valence-corrected chi connectivity index (χ1v) is 3.71. The van der Waals surface area contributed by atoms with E-state index >= 15 is 0 Å². The maximum Gasteiger partial charge on any atom is 0.332 e. The summed E-state index contributed by atoms with van der Waals surface area (Å²) in [5.41, 5.74) is 3.75. The van der Waals surface area contributed by atoms with Crippen LogP contribution in [0.1, 0.15) is 20.8 Å². The number of nitrogens with one attached hydrogen (secondary N) is 1. The number of hydrazone groups is 1. The van der Waals surface area contributed by atoms with Gasteiger partial charge in [0.25, 0.3) is 0 Å². The Balaban J connectivity index is 4.33. The molecule has 0 heterocycles. The molecule has 0 aliphatic rings. The number of hydrogen-bond donors (Lipinski definition) is 4. The van der Waals surface area contributed by atoms with Crippen molar-refractivity contribution in [3.8, 4) is 0 Å². The Morgan fingerprint density at radius 1 is 1.46 bits per heavy atom. The predicted molar refractivity (Wildman–Crippen MR) is 48.1 cm³/mol. The first-order chi connectivity index (χ1) is 5.67. The van der Waals surface area contributed by atoms with Crippen LogP contribution in [0.15, 0.2) is 5.10 Å². The standard InChI is InChI=1S/C7H15N3O3/c1-6(2,12)7(3,13)4-9-10-5(8)11/h4,12-13H,1-3H3,(H3,8,10,11)/b9-4+. The Kier molecular flexibility index (Phi) is 3.39. The lowest BCUT2D eigenvalue weighted by atomic mass is 9.89. The van der Waals surface area contributed by atoms with Crippen LogP contribution >= 0.6 is 0 Å². The number of urea groups is 1. The van der Waals surface area contributed by atoms with Gasteiger partial charge in [0, 0.05) is 0 Å². The van der Waals surface area contributed by atoms with Gasteiger partial charge in [-0.25, -0.2) is 10.2 Å². The normalized spacial score (nSPS) is 17.0. The number of rotatable bonds is 3. The zero-order valence-electron chi connectivity index (χ0n) is 7.90. The third-order valence-electron chi connectivity index (χ3n) is 1.73. The lowest BCUT2D eigenvalue weighted by Crippen LogP contribution is -2.49. The summed E-state index contributed by atoms with van der Waals surface area (Å²) in [7, 11) is 0. The molecule has 0 saturated carbocycles. The van der Waals surface area contributed by atoms with Crippen LogP contribution in [0.25, 0.3) is 0 Å². The highest BCUT2D eigenvalue weighted by Crippen LogP contribution is 2.18. The molecule has 5 N–H and O–H groups in total. The molecule has 1 unspecified atom stereocenters. The van der Waals surface area contributed by atoms with Gasteiger partial charge in [0.2, 0.25) is 0 Å². The van der Waals surface area contributed by atoms with Gasteiger partial charge in [0.15, 0.2) is 0 Å². The van der Waals surface area contributed by atoms with E-state index in [4.69, 9.17) is 5.73 Å². The molecule has 0 fully saturated rings. The van der Waals surface area contributed by atoms with Gasteiger partial charge in [-0.3, -0.25) is 0 Å². The van der Waals surface area contributed by atoms with Crippen molar-refractivity contribution in [2.75, 3.05) is 0 Å². The molecule has 6 nitrogen and oxygen atoms in total. The topological polar surface area (TPSA) is 108 Å². The van der Waals surface area contributed by atoms with E-state index in [0.717, 1.165) is 6.21 Å². The van der Waals surface area contributed by atoms with Gasteiger partial charge in [-0.1, -0.05) is 0 Å². The van der Waals surface area contributed by atoms with Crippen molar-refractivity contribution in [1.29, 1.82) is 0 Å². The lowest BCUT2D eigenvalue weighted by molar-refractivity contribution is -0.0725. The Morgan fingerprint density at radius 2 is 1.92 bits per heavy atom. The molecule has 0 aliphatic heterocycles. The molecule has 0 rings (SSSR count). The molecule has 0 aliphatic carbocycles. The summed E-state index contributed by atoms with van der Waals surface area (Å²) in [6.07, 6.45) is 1.01. The van der Waals surface area contributed by atoms with E-state index in [1.165, 1.54) is 20.8 Å². The van der Waals surface area contributed by atoms with E-state index < -0.39 is 17.2 Å². The molecule has 13 heavy (non-hydrogen) atoms. The van der Waals surface area contributed by atoms with Crippen LogP contribution in [-0.4, -0.2) is 33.7 Å². The van der Waals surface area contributed by atoms with Crippen molar-refractivity contribution in [3.05, 3.63) is 0 Å². The summed E-state index contributed by atoms with van der Waals surface area (Å²) in [6, 6.07) is -0.831. The van der Waals surface area contributed by atoms with Crippen molar-refractivity contribution < 1.29 is 15.0 Å². The fourth-order valence-corrected chi connectivity index (χ4v) is 0.380. The van der Waals surface area contributed by atoms with Gasteiger partial charge < -0.3 is 15.9 Å². The fourth-order valence-electron chi connectivity index (χ4n) is 0.380. The average Bonchev–Trinajstić information content (AvgIpc) is 1.82. The van der Waals surface area contributed by atoms with Crippen LogP contribution in [0, 0.1) is 0 Å². The van der Waals surface area contributed by atoms with Crippen LogP contribution < -0.4 is 11.2 Å². The van der Waals surface area contributed by atoms with Crippen molar-refractivity contribution in [3.63, 3.8) is 0 Å². The Morgan fingerprint density at radius 3 is 2.23 bits per heavy atom. The van der Waals surface area contributed by atoms with Gasteiger partial charge >= 0.3 is 6.03 Å². The average molecular weight is 189 g/mol. The number of carbonyl (C=O) groups is 1. The summed E-state index contributed by atoms with van der Waals surface area (Å²) >= 11 is 0. The monoisotopic (exact) mass is 189 g/mol. The van der Waals surface area contributed by atoms with E-state index in [0.29, 0.717) is 0 Å². The Bertz CT molecular complexity index is 218. The summed E-state index contributed by atoms with van der Waals surface area (Å²) in [5.74, 6) is 0. The van der Waals surface area contributed by atoms with E-state index in [9.17, 15) is 15.0 Å². The van der Waals surface area contributed by atoms with Crippen molar-refractivity contribution in [2.45, 2.75) is 32.0 Å². The third kappa shape index (κ3) is 3.86. The van der Waals surface area contributed by atoms with Crippen LogP contribution in [0.5, 0.6) is 0 Å². The number of primary amides is 1. The minimum atomic E-state index is -1.53. The Labute approximate surface area is 76.4 Å². The number of nitrogens with two attached hydrogens (primary N) is 1. The number of aliphatic hydroxyl groups is 2. The maximum absolute atomic E-state index is 10.2. The molecular weight excluding hydrogens is 174 g/mol. The van der Waals surface area contributed by atoms with Crippen LogP contribution in [-0.2, 0) is 0 Å². The van der Waals surface area contributed by atoms with Crippen LogP contribution in [0.4, 0.5) is 4.79 Å². The molecule has 0 aromatic rings. The number of carbonyl (C=O) groups excluding carboxylic acids is 1. The second kappa shape index (κ2) is 3.71. The van der Waals surface area contributed by atoms with E-state index in [-0.39, 0.29) is 0 Å². The molecule has 76 valence electrons. The fraction of sp³-hybridized carbons (Fsp3) is 0.714. The van der Waals surface area contributed by atoms with Gasteiger partial charge in [0.05, 0.1) is 11.8 Å². The minimum Gasteiger partial charge on any atom is -0.387 e. The minimum absolute atomic E-state index is 0.831. The number of nitrogens with zero attached hydrogens (tertiary/aromatic N) is 1. The Hall–Kier alpha value is -1.14. The van der Waals surface area contributed by atoms with Gasteiger partial charge in [0.1, 0.15) is 5.60 Å². The molecule has 2 amide bonds. The molecule has 1 atom stereocenters. The summed E-state index contributed by atoms with van der Waals surface area (Å²) in [4.78, 5) is 10.2. The maximum atomic E-state index is 10.2. The predicted octanol–water partition coefficient (Wildman–Crippen LogP) is -0.838. The zero-order valence-corrected chi connectivity index (χ0v) is 7.90. The summed E-state index contributed by atoms with van der Waals surface area (Å²) in [5, 5.41) is 22.3. The van der Waals surface area contributed by atoms with E-state index in [1.807, 2.05) is 5.43 Å². The van der Waals surface area contributed by atoms with E-state index in [1.54, 1.807) is 0 Å². The quantitative estimate of drug-likeness (QED) is 0.343. The molecule has 6 heteroatoms. The second-order valence-electron chi connectivity index (χ2n) is 3.44. The molecular formula is C7H15N3O3. The van der Waals surface area contributed by atoms with Gasteiger partial charge in [-0.05, 0) is 20.8 Å². The second-order valence-corrected chi connectivity index (χ2v) is 3.44. The molecule has 0 bridgehead atoms. The van der Waals surface area contributed by atoms with Gasteiger partial charge in [-0.2, -0.15) is 5.10 Å². The van der Waals surface area contributed by atoms with Crippen molar-refractivity contribution in [2.24, 2.45) is 10.8 Å². The third-order valence-corrected chi connectivity index (χ3v) is 1.73. The smallest absolute Gasteiger partial charge is 0.332 e. The number of hydrogen-bond acceptors (Lipinski definition) is 4.